The molecule has 1 saturated heterocycles. The van der Waals surface area contributed by atoms with E-state index in [1.165, 1.54) is 0 Å². The molecule has 0 saturated carbocycles. The molecule has 1 aliphatic rings. The number of aliphatic hydroxyl groups is 3. The van der Waals surface area contributed by atoms with E-state index in [-0.39, 0.29) is 8.41 Å². The first-order valence-electron chi connectivity index (χ1n) is 4.98. The van der Waals surface area contributed by atoms with Crippen LogP contribution in [0.4, 0.5) is 0 Å². The van der Waals surface area contributed by atoms with Gasteiger partial charge >= 0.3 is 5.69 Å². The van der Waals surface area contributed by atoms with Crippen LogP contribution in [0, 0.1) is 0 Å². The summed E-state index contributed by atoms with van der Waals surface area (Å²) in [6.45, 7) is -0.479. The van der Waals surface area contributed by atoms with Crippen LogP contribution in [0.5, 0.6) is 0 Å². The maximum absolute atomic E-state index is 11.4. The molecule has 9 heteroatoms. The summed E-state index contributed by atoms with van der Waals surface area (Å²) in [6, 6.07) is 1.09. The number of aliphatic hydroxyl groups excluding tert-OH is 3. The predicted molar refractivity (Wildman–Crippen MR) is 64.3 cm³/mol. The number of H-pyrrole nitrogens is 1. The second kappa shape index (κ2) is 5.48. The van der Waals surface area contributed by atoms with Gasteiger partial charge in [-0.05, 0) is 0 Å². The maximum atomic E-state index is 11.4. The van der Waals surface area contributed by atoms with Gasteiger partial charge in [0.1, 0.15) is 18.3 Å². The third-order valence-electron chi connectivity index (χ3n) is 2.64. The van der Waals surface area contributed by atoms with E-state index >= 15 is 0 Å². The second-order valence-electron chi connectivity index (χ2n) is 3.75. The van der Waals surface area contributed by atoms with Gasteiger partial charge in [-0.1, -0.05) is 0 Å². The molecule has 1 aliphatic heterocycles. The number of nitrogens with zero attached hydrogens (tertiary/aromatic N) is 1. The Hall–Kier alpha value is -1.42. The van der Waals surface area contributed by atoms with Crippen molar-refractivity contribution in [2.45, 2.75) is 24.5 Å². The number of hydrogen-bond acceptors (Lipinski definition) is 6. The Bertz CT molecular complexity index is 514. The number of nitrogens with one attached hydrogen (secondary N) is 1. The van der Waals surface area contributed by atoms with Crippen LogP contribution in [-0.2, 0) is 4.74 Å². The highest BCUT2D eigenvalue weighted by atomic mass is 16.6. The summed E-state index contributed by atoms with van der Waals surface area (Å²) in [7, 11) is 0. The van der Waals surface area contributed by atoms with Crippen LogP contribution in [0.3, 0.4) is 0 Å². The first kappa shape index (κ1) is 14.6. The highest BCUT2D eigenvalue weighted by Crippen LogP contribution is 2.27. The first-order chi connectivity index (χ1) is 8.04. The minimum Gasteiger partial charge on any atom is -0.394 e. The molecule has 18 heavy (non-hydrogen) atoms. The molecule has 2 rings (SSSR count). The lowest BCUT2D eigenvalue weighted by atomic mass is 10.1. The fourth-order valence-corrected chi connectivity index (χ4v) is 1.74. The SMILES string of the molecule is B.O=c1ccn([C@@H]2O[C@H](CO)[C@@H](O)[C@H]2O)c(=O)[nH]1. The Balaban J connectivity index is 0.00000162. The zero-order valence-electron chi connectivity index (χ0n) is 8.68. The molecular formula is C9H15BN2O6. The van der Waals surface area contributed by atoms with Crippen molar-refractivity contribution in [3.05, 3.63) is 33.1 Å². The van der Waals surface area contributed by atoms with E-state index in [1.54, 1.807) is 0 Å². The Morgan fingerprint density at radius 2 is 2.00 bits per heavy atom. The summed E-state index contributed by atoms with van der Waals surface area (Å²) in [6.07, 6.45) is -3.58. The minimum absolute atomic E-state index is 0. The van der Waals surface area contributed by atoms with Crippen molar-refractivity contribution in [1.29, 1.82) is 0 Å². The van der Waals surface area contributed by atoms with Gasteiger partial charge in [0.05, 0.1) is 15.0 Å². The van der Waals surface area contributed by atoms with Gasteiger partial charge in [0.25, 0.3) is 5.56 Å². The van der Waals surface area contributed by atoms with Crippen molar-refractivity contribution in [2.75, 3.05) is 6.61 Å². The van der Waals surface area contributed by atoms with E-state index < -0.39 is 42.4 Å². The summed E-state index contributed by atoms with van der Waals surface area (Å²) in [4.78, 5) is 24.3. The van der Waals surface area contributed by atoms with E-state index in [1.807, 2.05) is 4.98 Å². The standard InChI is InChI=1S/C9H12N2O6.BH3/c12-3-4-6(14)7(15)8(17-4)11-2-1-5(13)10-9(11)16;/h1-2,4,6-8,12,14-15H,3H2,(H,10,13,16);1H3/t4-,6-,7-,8-;/m1./s1. The van der Waals surface area contributed by atoms with Crippen LogP contribution < -0.4 is 11.2 Å². The van der Waals surface area contributed by atoms with Gasteiger partial charge in [0.2, 0.25) is 0 Å². The van der Waals surface area contributed by atoms with Crippen LogP contribution in [0.25, 0.3) is 0 Å². The van der Waals surface area contributed by atoms with E-state index in [0.717, 1.165) is 16.8 Å². The van der Waals surface area contributed by atoms with Crippen molar-refractivity contribution < 1.29 is 20.1 Å². The summed E-state index contributed by atoms with van der Waals surface area (Å²) >= 11 is 0. The van der Waals surface area contributed by atoms with Gasteiger partial charge in [0, 0.05) is 12.3 Å². The fourth-order valence-electron chi connectivity index (χ4n) is 1.74. The smallest absolute Gasteiger partial charge is 0.330 e. The van der Waals surface area contributed by atoms with Crippen LogP contribution in [0.2, 0.25) is 0 Å². The second-order valence-corrected chi connectivity index (χ2v) is 3.75. The van der Waals surface area contributed by atoms with Crippen molar-refractivity contribution >= 4 is 8.41 Å². The third kappa shape index (κ3) is 2.39. The molecule has 2 heterocycles. The van der Waals surface area contributed by atoms with Gasteiger partial charge in [-0.3, -0.25) is 14.3 Å². The summed E-state index contributed by atoms with van der Waals surface area (Å²) in [5.74, 6) is 0. The zero-order chi connectivity index (χ0) is 12.6. The topological polar surface area (TPSA) is 125 Å². The van der Waals surface area contributed by atoms with Gasteiger partial charge in [-0.25, -0.2) is 4.79 Å². The molecule has 1 aromatic heterocycles. The summed E-state index contributed by atoms with van der Waals surface area (Å²) < 4.78 is 6.08. The quantitative estimate of drug-likeness (QED) is 0.400. The lowest BCUT2D eigenvalue weighted by Gasteiger charge is -2.16. The third-order valence-corrected chi connectivity index (χ3v) is 2.64. The average Bonchev–Trinajstić information content (AvgIpc) is 2.57. The van der Waals surface area contributed by atoms with Crippen molar-refractivity contribution in [3.8, 4) is 0 Å². The molecule has 1 fully saturated rings. The molecule has 8 nitrogen and oxygen atoms in total. The number of rotatable bonds is 2. The van der Waals surface area contributed by atoms with Crippen LogP contribution in [-0.4, -0.2) is 58.2 Å². The fraction of sp³-hybridized carbons (Fsp3) is 0.556. The van der Waals surface area contributed by atoms with Gasteiger partial charge in [0.15, 0.2) is 6.23 Å². The van der Waals surface area contributed by atoms with Gasteiger partial charge in [-0.2, -0.15) is 0 Å². The lowest BCUT2D eigenvalue weighted by molar-refractivity contribution is -0.0550. The Morgan fingerprint density at radius 1 is 1.33 bits per heavy atom. The molecule has 0 aromatic carbocycles. The molecule has 0 bridgehead atoms. The summed E-state index contributed by atoms with van der Waals surface area (Å²) in [5.41, 5.74) is -1.33. The molecule has 1 aromatic rings. The number of aromatic amines is 1. The molecular weight excluding hydrogens is 243 g/mol. The summed E-state index contributed by atoms with van der Waals surface area (Å²) in [5, 5.41) is 28.1. The Labute approximate surface area is 103 Å². The van der Waals surface area contributed by atoms with E-state index in [2.05, 4.69) is 0 Å². The van der Waals surface area contributed by atoms with E-state index in [4.69, 9.17) is 9.84 Å². The monoisotopic (exact) mass is 258 g/mol. The molecule has 4 N–H and O–H groups in total. The van der Waals surface area contributed by atoms with Crippen molar-refractivity contribution in [3.63, 3.8) is 0 Å². The largest absolute Gasteiger partial charge is 0.394 e. The molecule has 0 aliphatic carbocycles. The first-order valence-corrected chi connectivity index (χ1v) is 4.98. The molecule has 100 valence electrons. The highest BCUT2D eigenvalue weighted by Gasteiger charge is 2.43. The zero-order valence-corrected chi connectivity index (χ0v) is 8.68. The molecule has 4 atom stereocenters. The maximum Gasteiger partial charge on any atom is 0.330 e. The van der Waals surface area contributed by atoms with Crippen LogP contribution in [0.1, 0.15) is 6.23 Å². The molecule has 0 amide bonds. The number of aromatic nitrogens is 2. The number of hydrogen-bond donors (Lipinski definition) is 4. The molecule has 0 spiro atoms. The highest BCUT2D eigenvalue weighted by molar-refractivity contribution is 5.75. The average molecular weight is 258 g/mol. The van der Waals surface area contributed by atoms with E-state index in [9.17, 15) is 19.8 Å². The van der Waals surface area contributed by atoms with Crippen LogP contribution >= 0.6 is 0 Å². The normalized spacial score (nSPS) is 31.1. The molecule has 0 radical (unpaired) electrons. The lowest BCUT2D eigenvalue weighted by Crippen LogP contribution is -2.37. The Kier molecular flexibility index (Phi) is 4.46. The predicted octanol–water partition coefficient (Wildman–Crippen LogP) is -4.04. The van der Waals surface area contributed by atoms with Gasteiger partial charge in [-0.15, -0.1) is 0 Å². The minimum atomic E-state index is -1.35. The van der Waals surface area contributed by atoms with Crippen LogP contribution in [0.15, 0.2) is 21.9 Å². The van der Waals surface area contributed by atoms with Crippen molar-refractivity contribution in [1.82, 2.24) is 9.55 Å². The number of ether oxygens (including phenoxy) is 1. The van der Waals surface area contributed by atoms with E-state index in [0.29, 0.717) is 0 Å². The Morgan fingerprint density at radius 3 is 2.50 bits per heavy atom. The molecule has 0 unspecified atom stereocenters. The van der Waals surface area contributed by atoms with Crippen molar-refractivity contribution in [2.24, 2.45) is 0 Å². The van der Waals surface area contributed by atoms with Gasteiger partial charge < -0.3 is 20.1 Å².